The zero-order valence-electron chi connectivity index (χ0n) is 11.7. The third-order valence-corrected chi connectivity index (χ3v) is 6.20. The predicted molar refractivity (Wildman–Crippen MR) is 69.9 cm³/mol. The highest BCUT2D eigenvalue weighted by Crippen LogP contribution is 2.71. The van der Waals surface area contributed by atoms with Crippen LogP contribution in [0.2, 0.25) is 0 Å². The van der Waals surface area contributed by atoms with E-state index in [9.17, 15) is 24.9 Å². The molecule has 110 valence electrons. The van der Waals surface area contributed by atoms with E-state index in [1.54, 1.807) is 0 Å². The van der Waals surface area contributed by atoms with E-state index in [1.165, 1.54) is 6.08 Å². The van der Waals surface area contributed by atoms with Crippen molar-refractivity contribution in [2.24, 2.45) is 28.6 Å². The average Bonchev–Trinajstić information content (AvgIpc) is 2.79. The van der Waals surface area contributed by atoms with Gasteiger partial charge in [-0.1, -0.05) is 13.8 Å². The average molecular weight is 280 g/mol. The van der Waals surface area contributed by atoms with Gasteiger partial charge in [-0.3, -0.25) is 4.79 Å². The smallest absolute Gasteiger partial charge is 0.331 e. The van der Waals surface area contributed by atoms with Gasteiger partial charge in [-0.05, 0) is 42.6 Å². The van der Waals surface area contributed by atoms with E-state index >= 15 is 0 Å². The van der Waals surface area contributed by atoms with Gasteiger partial charge >= 0.3 is 11.9 Å². The molecule has 3 aliphatic rings. The van der Waals surface area contributed by atoms with Crippen molar-refractivity contribution in [2.45, 2.75) is 39.2 Å². The molecule has 0 radical (unpaired) electrons. The molecule has 3 rings (SSSR count). The lowest BCUT2D eigenvalue weighted by Gasteiger charge is -2.40. The molecule has 3 N–H and O–H groups in total. The molecular formula is C15H20O5. The molecular weight excluding hydrogens is 260 g/mol. The maximum absolute atomic E-state index is 11.6. The Morgan fingerprint density at radius 3 is 2.45 bits per heavy atom. The topological polar surface area (TPSA) is 94.8 Å². The van der Waals surface area contributed by atoms with E-state index in [0.29, 0.717) is 12.8 Å². The third-order valence-electron chi connectivity index (χ3n) is 6.20. The monoisotopic (exact) mass is 280 g/mol. The Kier molecular flexibility index (Phi) is 2.62. The van der Waals surface area contributed by atoms with Crippen LogP contribution in [0, 0.1) is 28.6 Å². The highest BCUT2D eigenvalue weighted by molar-refractivity contribution is 5.88. The molecule has 0 aromatic heterocycles. The van der Waals surface area contributed by atoms with E-state index < -0.39 is 29.4 Å². The lowest BCUT2D eigenvalue weighted by Crippen LogP contribution is -2.45. The minimum Gasteiger partial charge on any atom is -0.481 e. The minimum absolute atomic E-state index is 0.0594. The number of carbonyl (C=O) groups is 2. The molecule has 0 heterocycles. The third kappa shape index (κ3) is 1.36. The Labute approximate surface area is 117 Å². The lowest BCUT2D eigenvalue weighted by molar-refractivity contribution is -0.149. The molecule has 5 atom stereocenters. The van der Waals surface area contributed by atoms with E-state index in [-0.39, 0.29) is 22.8 Å². The van der Waals surface area contributed by atoms with Crippen molar-refractivity contribution in [2.75, 3.05) is 0 Å². The van der Waals surface area contributed by atoms with Crippen LogP contribution >= 0.6 is 0 Å². The number of aliphatic carboxylic acids is 2. The van der Waals surface area contributed by atoms with Gasteiger partial charge in [0.2, 0.25) is 0 Å². The summed E-state index contributed by atoms with van der Waals surface area (Å²) in [6.07, 6.45) is 2.22. The van der Waals surface area contributed by atoms with Gasteiger partial charge in [0.15, 0.2) is 0 Å². The standard InChI is InChI=1S/C15H20O5/c1-14(2)9-6-15(11(16)5-7(9)12(17)18)8(13(19)20)3-4-10(14)15/h5,8-11,16H,3-4,6H2,1-2H3,(H,17,18)(H,19,20). The Morgan fingerprint density at radius 2 is 1.90 bits per heavy atom. The minimum atomic E-state index is -0.996. The van der Waals surface area contributed by atoms with Crippen LogP contribution in [-0.2, 0) is 9.59 Å². The number of rotatable bonds is 2. The van der Waals surface area contributed by atoms with Crippen LogP contribution in [0.3, 0.4) is 0 Å². The molecule has 5 unspecified atom stereocenters. The van der Waals surface area contributed by atoms with Crippen molar-refractivity contribution in [1.29, 1.82) is 0 Å². The second-order valence-electron chi connectivity index (χ2n) is 7.08. The summed E-state index contributed by atoms with van der Waals surface area (Å²) in [4.78, 5) is 23.0. The zero-order chi connectivity index (χ0) is 14.9. The van der Waals surface area contributed by atoms with E-state index in [2.05, 4.69) is 0 Å². The Hall–Kier alpha value is -1.36. The number of hydrogen-bond donors (Lipinski definition) is 3. The van der Waals surface area contributed by atoms with Crippen molar-refractivity contribution >= 4 is 11.9 Å². The fourth-order valence-electron chi connectivity index (χ4n) is 5.38. The molecule has 0 amide bonds. The molecule has 1 spiro atoms. The molecule has 0 saturated heterocycles. The van der Waals surface area contributed by atoms with Crippen molar-refractivity contribution < 1.29 is 24.9 Å². The summed E-state index contributed by atoms with van der Waals surface area (Å²) in [7, 11) is 0. The van der Waals surface area contributed by atoms with Gasteiger partial charge in [0.1, 0.15) is 0 Å². The zero-order valence-corrected chi connectivity index (χ0v) is 11.7. The summed E-state index contributed by atoms with van der Waals surface area (Å²) in [6, 6.07) is 0. The largest absolute Gasteiger partial charge is 0.481 e. The second kappa shape index (κ2) is 3.85. The molecule has 2 bridgehead atoms. The first-order chi connectivity index (χ1) is 9.22. The van der Waals surface area contributed by atoms with Gasteiger partial charge in [-0.2, -0.15) is 0 Å². The summed E-state index contributed by atoms with van der Waals surface area (Å²) in [5.41, 5.74) is -0.711. The normalized spacial score (nSPS) is 44.9. The first-order valence-electron chi connectivity index (χ1n) is 7.08. The Bertz CT molecular complexity index is 520. The van der Waals surface area contributed by atoms with Crippen LogP contribution in [0.1, 0.15) is 33.1 Å². The van der Waals surface area contributed by atoms with E-state index in [4.69, 9.17) is 0 Å². The quantitative estimate of drug-likeness (QED) is 0.712. The van der Waals surface area contributed by atoms with Gasteiger partial charge in [0.05, 0.1) is 12.0 Å². The first-order valence-corrected chi connectivity index (χ1v) is 7.08. The molecule has 5 heteroatoms. The number of aliphatic hydroxyl groups excluding tert-OH is 1. The van der Waals surface area contributed by atoms with Gasteiger partial charge in [0, 0.05) is 11.0 Å². The molecule has 3 aliphatic carbocycles. The fourth-order valence-corrected chi connectivity index (χ4v) is 5.38. The van der Waals surface area contributed by atoms with Gasteiger partial charge in [-0.15, -0.1) is 0 Å². The second-order valence-corrected chi connectivity index (χ2v) is 7.08. The number of fused-ring (bicyclic) bond motifs is 1. The van der Waals surface area contributed by atoms with Gasteiger partial charge in [-0.25, -0.2) is 4.79 Å². The molecule has 2 saturated carbocycles. The SMILES string of the molecule is CC1(C)C2CC3(C(O)C=C2C(=O)O)C(C(=O)O)CCC13. The maximum atomic E-state index is 11.6. The van der Waals surface area contributed by atoms with Crippen LogP contribution in [0.5, 0.6) is 0 Å². The molecule has 0 aromatic carbocycles. The summed E-state index contributed by atoms with van der Waals surface area (Å²) >= 11 is 0. The summed E-state index contributed by atoms with van der Waals surface area (Å²) in [6.45, 7) is 4.03. The number of aliphatic hydroxyl groups is 1. The first kappa shape index (κ1) is 13.6. The molecule has 20 heavy (non-hydrogen) atoms. The highest BCUT2D eigenvalue weighted by Gasteiger charge is 2.70. The predicted octanol–water partition coefficient (Wildman–Crippen LogP) is 1.52. The Balaban J connectivity index is 2.16. The van der Waals surface area contributed by atoms with Crippen LogP contribution in [0.4, 0.5) is 0 Å². The van der Waals surface area contributed by atoms with Crippen molar-refractivity contribution in [3.63, 3.8) is 0 Å². The summed E-state index contributed by atoms with van der Waals surface area (Å²) in [5, 5.41) is 29.4. The van der Waals surface area contributed by atoms with Crippen LogP contribution in [0.15, 0.2) is 11.6 Å². The highest BCUT2D eigenvalue weighted by atomic mass is 16.4. The van der Waals surface area contributed by atoms with Crippen molar-refractivity contribution in [3.8, 4) is 0 Å². The Morgan fingerprint density at radius 1 is 1.25 bits per heavy atom. The molecule has 0 aromatic rings. The van der Waals surface area contributed by atoms with Gasteiger partial charge in [0.25, 0.3) is 0 Å². The molecule has 5 nitrogen and oxygen atoms in total. The molecule has 2 fully saturated rings. The summed E-state index contributed by atoms with van der Waals surface area (Å²) in [5.74, 6) is -2.54. The maximum Gasteiger partial charge on any atom is 0.331 e. The van der Waals surface area contributed by atoms with E-state index in [1.807, 2.05) is 13.8 Å². The lowest BCUT2D eigenvalue weighted by atomic mass is 9.65. The number of carboxylic acid groups (broad SMARTS) is 2. The van der Waals surface area contributed by atoms with E-state index in [0.717, 1.165) is 6.42 Å². The molecule has 0 aliphatic heterocycles. The number of hydrogen-bond acceptors (Lipinski definition) is 3. The number of carboxylic acids is 2. The van der Waals surface area contributed by atoms with Crippen LogP contribution < -0.4 is 0 Å². The van der Waals surface area contributed by atoms with Crippen LogP contribution in [0.25, 0.3) is 0 Å². The van der Waals surface area contributed by atoms with Gasteiger partial charge < -0.3 is 15.3 Å². The van der Waals surface area contributed by atoms with Crippen LogP contribution in [-0.4, -0.2) is 33.4 Å². The van der Waals surface area contributed by atoms with Crippen molar-refractivity contribution in [3.05, 3.63) is 11.6 Å². The fraction of sp³-hybridized carbons (Fsp3) is 0.733. The summed E-state index contributed by atoms with van der Waals surface area (Å²) < 4.78 is 0. The van der Waals surface area contributed by atoms with Crippen molar-refractivity contribution in [1.82, 2.24) is 0 Å².